The van der Waals surface area contributed by atoms with E-state index in [0.717, 1.165) is 25.3 Å². The summed E-state index contributed by atoms with van der Waals surface area (Å²) in [5.41, 5.74) is 0.469. The van der Waals surface area contributed by atoms with Crippen LogP contribution < -0.4 is 15.0 Å². The van der Waals surface area contributed by atoms with E-state index in [0.29, 0.717) is 18.8 Å². The van der Waals surface area contributed by atoms with Gasteiger partial charge >= 0.3 is 0 Å². The standard InChI is InChI=1S/C21H22FN3O5S/c22-15-5-4-6-16(11-15)23-20(26)13-25-18-12-17(7-8-19(18)30-14-21(25)27)31(28,29)24-9-2-1-3-10-24/h4-8,11-12H,1-3,9-10,13-14H2,(H,23,26). The second kappa shape index (κ2) is 8.64. The van der Waals surface area contributed by atoms with Crippen LogP contribution in [0.1, 0.15) is 19.3 Å². The number of amides is 2. The molecule has 1 N–H and O–H groups in total. The topological polar surface area (TPSA) is 96.0 Å². The number of nitrogens with zero attached hydrogens (tertiary/aromatic N) is 2. The minimum absolute atomic E-state index is 0.0435. The Morgan fingerprint density at radius 3 is 2.61 bits per heavy atom. The van der Waals surface area contributed by atoms with Gasteiger partial charge in [-0.05, 0) is 49.2 Å². The van der Waals surface area contributed by atoms with E-state index in [1.54, 1.807) is 0 Å². The lowest BCUT2D eigenvalue weighted by Gasteiger charge is -2.30. The number of benzene rings is 2. The Morgan fingerprint density at radius 2 is 1.87 bits per heavy atom. The minimum atomic E-state index is -3.72. The van der Waals surface area contributed by atoms with Gasteiger partial charge in [-0.1, -0.05) is 12.5 Å². The molecule has 2 aromatic carbocycles. The van der Waals surface area contributed by atoms with Crippen molar-refractivity contribution in [2.75, 3.05) is 36.5 Å². The van der Waals surface area contributed by atoms with Crippen molar-refractivity contribution < 1.29 is 27.1 Å². The zero-order valence-corrected chi connectivity index (χ0v) is 17.5. The predicted octanol–water partition coefficient (Wildman–Crippen LogP) is 2.36. The highest BCUT2D eigenvalue weighted by Crippen LogP contribution is 2.35. The van der Waals surface area contributed by atoms with Crippen LogP contribution in [0.5, 0.6) is 5.75 Å². The van der Waals surface area contributed by atoms with Crippen molar-refractivity contribution in [3.05, 3.63) is 48.3 Å². The third-order valence-electron chi connectivity index (χ3n) is 5.24. The average Bonchev–Trinajstić information content (AvgIpc) is 2.76. The number of fused-ring (bicyclic) bond motifs is 1. The second-order valence-electron chi connectivity index (χ2n) is 7.42. The summed E-state index contributed by atoms with van der Waals surface area (Å²) >= 11 is 0. The fourth-order valence-electron chi connectivity index (χ4n) is 3.68. The molecule has 4 rings (SSSR count). The highest BCUT2D eigenvalue weighted by atomic mass is 32.2. The van der Waals surface area contributed by atoms with Gasteiger partial charge in [-0.25, -0.2) is 12.8 Å². The maximum absolute atomic E-state index is 13.4. The maximum atomic E-state index is 13.4. The Hall–Kier alpha value is -2.98. The summed E-state index contributed by atoms with van der Waals surface area (Å²) in [6, 6.07) is 9.71. The molecule has 0 spiro atoms. The van der Waals surface area contributed by atoms with Crippen LogP contribution in [-0.4, -0.2) is 50.8 Å². The van der Waals surface area contributed by atoms with Gasteiger partial charge in [-0.2, -0.15) is 4.31 Å². The van der Waals surface area contributed by atoms with Crippen molar-refractivity contribution in [3.8, 4) is 5.75 Å². The number of hydrogen-bond acceptors (Lipinski definition) is 5. The van der Waals surface area contributed by atoms with Crippen LogP contribution in [0.3, 0.4) is 0 Å². The predicted molar refractivity (Wildman–Crippen MR) is 112 cm³/mol. The normalized spacial score (nSPS) is 17.1. The Balaban J connectivity index is 1.59. The van der Waals surface area contributed by atoms with Crippen molar-refractivity contribution in [2.45, 2.75) is 24.2 Å². The van der Waals surface area contributed by atoms with E-state index in [9.17, 15) is 22.4 Å². The molecule has 2 aliphatic heterocycles. The van der Waals surface area contributed by atoms with Gasteiger partial charge in [0.05, 0.1) is 10.6 Å². The molecule has 0 unspecified atom stereocenters. The van der Waals surface area contributed by atoms with Crippen LogP contribution in [0.15, 0.2) is 47.4 Å². The summed E-state index contributed by atoms with van der Waals surface area (Å²) in [6.45, 7) is 0.278. The number of hydrogen-bond donors (Lipinski definition) is 1. The van der Waals surface area contributed by atoms with Crippen molar-refractivity contribution in [3.63, 3.8) is 0 Å². The number of anilines is 2. The molecule has 164 valence electrons. The van der Waals surface area contributed by atoms with Gasteiger partial charge < -0.3 is 10.1 Å². The monoisotopic (exact) mass is 447 g/mol. The van der Waals surface area contributed by atoms with Gasteiger partial charge in [0, 0.05) is 18.8 Å². The third kappa shape index (κ3) is 4.54. The number of carbonyl (C=O) groups is 2. The molecule has 2 heterocycles. The van der Waals surface area contributed by atoms with Crippen LogP contribution in [0, 0.1) is 5.82 Å². The molecule has 0 bridgehead atoms. The smallest absolute Gasteiger partial charge is 0.265 e. The molecule has 31 heavy (non-hydrogen) atoms. The number of sulfonamides is 1. The number of halogens is 1. The first-order valence-corrected chi connectivity index (χ1v) is 11.4. The number of rotatable bonds is 5. The molecule has 2 aliphatic rings. The van der Waals surface area contributed by atoms with Gasteiger partial charge in [0.15, 0.2) is 6.61 Å². The number of ether oxygens (including phenoxy) is 1. The van der Waals surface area contributed by atoms with Crippen molar-refractivity contribution >= 4 is 33.2 Å². The minimum Gasteiger partial charge on any atom is -0.482 e. The van der Waals surface area contributed by atoms with Crippen LogP contribution in [0.4, 0.5) is 15.8 Å². The number of piperidine rings is 1. The Morgan fingerprint density at radius 1 is 1.10 bits per heavy atom. The zero-order chi connectivity index (χ0) is 22.0. The first kappa shape index (κ1) is 21.3. The highest BCUT2D eigenvalue weighted by molar-refractivity contribution is 7.89. The molecule has 0 radical (unpaired) electrons. The van der Waals surface area contributed by atoms with E-state index in [2.05, 4.69) is 5.32 Å². The first-order chi connectivity index (χ1) is 14.8. The van der Waals surface area contributed by atoms with Gasteiger partial charge in [0.1, 0.15) is 18.1 Å². The fraction of sp³-hybridized carbons (Fsp3) is 0.333. The fourth-order valence-corrected chi connectivity index (χ4v) is 5.22. The van der Waals surface area contributed by atoms with Crippen LogP contribution in [0.25, 0.3) is 0 Å². The number of nitrogens with one attached hydrogen (secondary N) is 1. The molecule has 0 aromatic heterocycles. The van der Waals surface area contributed by atoms with E-state index < -0.39 is 27.7 Å². The largest absolute Gasteiger partial charge is 0.482 e. The van der Waals surface area contributed by atoms with Crippen molar-refractivity contribution in [2.24, 2.45) is 0 Å². The second-order valence-corrected chi connectivity index (χ2v) is 9.36. The lowest BCUT2D eigenvalue weighted by molar-refractivity contribution is -0.123. The maximum Gasteiger partial charge on any atom is 0.265 e. The van der Waals surface area contributed by atoms with Crippen LogP contribution in [0.2, 0.25) is 0 Å². The Labute approximate surface area is 179 Å². The molecule has 1 saturated heterocycles. The lowest BCUT2D eigenvalue weighted by atomic mass is 10.2. The summed E-state index contributed by atoms with van der Waals surface area (Å²) < 4.78 is 46.2. The third-order valence-corrected chi connectivity index (χ3v) is 7.13. The molecule has 8 nitrogen and oxygen atoms in total. The molecule has 0 aliphatic carbocycles. The molecule has 0 atom stereocenters. The molecular formula is C21H22FN3O5S. The SMILES string of the molecule is O=C(CN1C(=O)COc2ccc(S(=O)(=O)N3CCCCC3)cc21)Nc1cccc(F)c1. The van der Waals surface area contributed by atoms with Gasteiger partial charge in [-0.15, -0.1) is 0 Å². The molecule has 1 fully saturated rings. The van der Waals surface area contributed by atoms with E-state index in [4.69, 9.17) is 4.74 Å². The first-order valence-electron chi connectivity index (χ1n) is 9.97. The Kier molecular flexibility index (Phi) is 5.92. The van der Waals surface area contributed by atoms with Crippen LogP contribution >= 0.6 is 0 Å². The van der Waals surface area contributed by atoms with Gasteiger partial charge in [0.2, 0.25) is 15.9 Å². The summed E-state index contributed by atoms with van der Waals surface area (Å²) in [6.07, 6.45) is 2.60. The van der Waals surface area contributed by atoms with E-state index >= 15 is 0 Å². The zero-order valence-electron chi connectivity index (χ0n) is 16.7. The van der Waals surface area contributed by atoms with E-state index in [1.807, 2.05) is 0 Å². The van der Waals surface area contributed by atoms with Crippen LogP contribution in [-0.2, 0) is 19.6 Å². The van der Waals surface area contributed by atoms with Gasteiger partial charge in [0.25, 0.3) is 5.91 Å². The summed E-state index contributed by atoms with van der Waals surface area (Å²) in [5.74, 6) is -1.21. The summed E-state index contributed by atoms with van der Waals surface area (Å²) in [7, 11) is -3.72. The molecule has 0 saturated carbocycles. The highest BCUT2D eigenvalue weighted by Gasteiger charge is 2.31. The van der Waals surface area contributed by atoms with Crippen molar-refractivity contribution in [1.82, 2.24) is 4.31 Å². The summed E-state index contributed by atoms with van der Waals surface area (Å²) in [5, 5.41) is 2.54. The average molecular weight is 447 g/mol. The lowest BCUT2D eigenvalue weighted by Crippen LogP contribution is -2.43. The van der Waals surface area contributed by atoms with Crippen molar-refractivity contribution in [1.29, 1.82) is 0 Å². The molecule has 10 heteroatoms. The van der Waals surface area contributed by atoms with E-state index in [-0.39, 0.29) is 29.4 Å². The molecule has 2 aromatic rings. The number of carbonyl (C=O) groups excluding carboxylic acids is 2. The summed E-state index contributed by atoms with van der Waals surface area (Å²) in [4.78, 5) is 26.2. The molecular weight excluding hydrogens is 425 g/mol. The van der Waals surface area contributed by atoms with E-state index in [1.165, 1.54) is 45.6 Å². The quantitative estimate of drug-likeness (QED) is 0.759. The Bertz CT molecular complexity index is 1120. The van der Waals surface area contributed by atoms with Gasteiger partial charge in [-0.3, -0.25) is 14.5 Å². The molecule has 2 amide bonds.